The summed E-state index contributed by atoms with van der Waals surface area (Å²) < 4.78 is 31.5. The number of sulfone groups is 1. The van der Waals surface area contributed by atoms with Crippen LogP contribution in [0.25, 0.3) is 0 Å². The summed E-state index contributed by atoms with van der Waals surface area (Å²) in [6, 6.07) is 5.92. The maximum absolute atomic E-state index is 13.0. The summed E-state index contributed by atoms with van der Waals surface area (Å²) in [6.45, 7) is 2.19. The molecule has 0 spiro atoms. The van der Waals surface area contributed by atoms with Crippen LogP contribution in [0.15, 0.2) is 29.2 Å². The summed E-state index contributed by atoms with van der Waals surface area (Å²) >= 11 is 0. The maximum Gasteiger partial charge on any atom is 0.322 e. The third kappa shape index (κ3) is 9.15. The highest BCUT2D eigenvalue weighted by molar-refractivity contribution is 7.92. The van der Waals surface area contributed by atoms with Crippen molar-refractivity contribution >= 4 is 21.8 Å². The SMILES string of the molecule is CCCCCCCCCCC(C(=O)O)S(=O)(=O)c1ccccc1OCCCC(=O)O. The average molecular weight is 443 g/mol. The van der Waals surface area contributed by atoms with Crippen molar-refractivity contribution in [2.45, 2.75) is 87.7 Å². The summed E-state index contributed by atoms with van der Waals surface area (Å²) in [5, 5.41) is 16.7. The lowest BCUT2D eigenvalue weighted by molar-refractivity contribution is -0.138. The predicted molar refractivity (Wildman–Crippen MR) is 115 cm³/mol. The highest BCUT2D eigenvalue weighted by Crippen LogP contribution is 2.29. The first-order chi connectivity index (χ1) is 14.3. The Balaban J connectivity index is 2.71. The maximum atomic E-state index is 13.0. The minimum absolute atomic E-state index is 0.0363. The van der Waals surface area contributed by atoms with E-state index in [2.05, 4.69) is 6.92 Å². The van der Waals surface area contributed by atoms with Gasteiger partial charge in [0.1, 0.15) is 10.6 Å². The molecule has 0 bridgehead atoms. The second-order valence-corrected chi connectivity index (χ2v) is 9.53. The molecule has 30 heavy (non-hydrogen) atoms. The highest BCUT2D eigenvalue weighted by Gasteiger charge is 2.35. The van der Waals surface area contributed by atoms with E-state index in [0.717, 1.165) is 25.7 Å². The van der Waals surface area contributed by atoms with Gasteiger partial charge in [-0.05, 0) is 25.0 Å². The summed E-state index contributed by atoms with van der Waals surface area (Å²) in [5.74, 6) is -2.26. The van der Waals surface area contributed by atoms with Gasteiger partial charge in [-0.3, -0.25) is 9.59 Å². The molecular weight excluding hydrogens is 408 g/mol. The smallest absolute Gasteiger partial charge is 0.322 e. The lowest BCUT2D eigenvalue weighted by Gasteiger charge is -2.17. The lowest BCUT2D eigenvalue weighted by Crippen LogP contribution is -2.30. The molecule has 0 fully saturated rings. The molecule has 1 aromatic carbocycles. The van der Waals surface area contributed by atoms with E-state index in [-0.39, 0.29) is 36.5 Å². The van der Waals surface area contributed by atoms with Gasteiger partial charge in [0.05, 0.1) is 6.61 Å². The van der Waals surface area contributed by atoms with E-state index < -0.39 is 27.0 Å². The highest BCUT2D eigenvalue weighted by atomic mass is 32.2. The molecule has 7 nitrogen and oxygen atoms in total. The Kier molecular flexibility index (Phi) is 12.1. The molecule has 8 heteroatoms. The van der Waals surface area contributed by atoms with Crippen molar-refractivity contribution in [2.24, 2.45) is 0 Å². The number of carboxylic acid groups (broad SMARTS) is 2. The van der Waals surface area contributed by atoms with E-state index >= 15 is 0 Å². The van der Waals surface area contributed by atoms with Crippen LogP contribution in [0, 0.1) is 0 Å². The number of hydrogen-bond acceptors (Lipinski definition) is 5. The van der Waals surface area contributed by atoms with Gasteiger partial charge in [0.2, 0.25) is 0 Å². The molecule has 0 saturated carbocycles. The topological polar surface area (TPSA) is 118 Å². The van der Waals surface area contributed by atoms with E-state index in [1.165, 1.54) is 37.5 Å². The van der Waals surface area contributed by atoms with Crippen LogP contribution in [0.5, 0.6) is 5.75 Å². The fraction of sp³-hybridized carbons (Fsp3) is 0.636. The molecule has 2 N–H and O–H groups in total. The molecule has 0 amide bonds. The normalized spacial score (nSPS) is 12.4. The first-order valence-electron chi connectivity index (χ1n) is 10.7. The van der Waals surface area contributed by atoms with Crippen molar-refractivity contribution in [1.29, 1.82) is 0 Å². The van der Waals surface area contributed by atoms with Gasteiger partial charge < -0.3 is 14.9 Å². The van der Waals surface area contributed by atoms with Crippen LogP contribution in [0.3, 0.4) is 0 Å². The summed E-state index contributed by atoms with van der Waals surface area (Å²) in [6.07, 6.45) is 8.34. The quantitative estimate of drug-likeness (QED) is 0.336. The fourth-order valence-corrected chi connectivity index (χ4v) is 4.96. The first kappa shape index (κ1) is 25.9. The minimum atomic E-state index is -4.13. The van der Waals surface area contributed by atoms with Crippen molar-refractivity contribution in [3.63, 3.8) is 0 Å². The van der Waals surface area contributed by atoms with Crippen molar-refractivity contribution in [2.75, 3.05) is 6.61 Å². The zero-order chi connectivity index (χ0) is 22.4. The molecule has 1 unspecified atom stereocenters. The predicted octanol–water partition coefficient (Wildman–Crippen LogP) is 4.69. The van der Waals surface area contributed by atoms with Gasteiger partial charge in [0, 0.05) is 6.42 Å². The number of rotatable bonds is 17. The van der Waals surface area contributed by atoms with Gasteiger partial charge >= 0.3 is 11.9 Å². The Morgan fingerprint density at radius 1 is 0.933 bits per heavy atom. The molecule has 1 rings (SSSR count). The van der Waals surface area contributed by atoms with E-state index in [4.69, 9.17) is 9.84 Å². The number of benzene rings is 1. The molecule has 0 aliphatic carbocycles. The zero-order valence-electron chi connectivity index (χ0n) is 17.7. The van der Waals surface area contributed by atoms with Gasteiger partial charge in [-0.25, -0.2) is 8.42 Å². The summed E-state index contributed by atoms with van der Waals surface area (Å²) in [5.41, 5.74) is 0. The van der Waals surface area contributed by atoms with Crippen molar-refractivity contribution < 1.29 is 33.0 Å². The number of aliphatic carboxylic acids is 2. The van der Waals surface area contributed by atoms with E-state index in [0.29, 0.717) is 6.42 Å². The Bertz CT molecular complexity index is 759. The third-order valence-corrected chi connectivity index (χ3v) is 7.05. The molecular formula is C22H34O7S. The molecule has 1 atom stereocenters. The van der Waals surface area contributed by atoms with Crippen LogP contribution in [-0.4, -0.2) is 42.4 Å². The van der Waals surface area contributed by atoms with E-state index in [9.17, 15) is 23.1 Å². The zero-order valence-corrected chi connectivity index (χ0v) is 18.5. The van der Waals surface area contributed by atoms with Gasteiger partial charge in [0.15, 0.2) is 15.1 Å². The number of ether oxygens (including phenoxy) is 1. The van der Waals surface area contributed by atoms with Crippen LogP contribution >= 0.6 is 0 Å². The Labute approximate surface area is 179 Å². The second-order valence-electron chi connectivity index (χ2n) is 7.43. The Morgan fingerprint density at radius 2 is 1.53 bits per heavy atom. The molecule has 0 aromatic heterocycles. The van der Waals surface area contributed by atoms with Crippen molar-refractivity contribution in [3.8, 4) is 5.75 Å². The third-order valence-electron chi connectivity index (χ3n) is 4.92. The molecule has 0 aliphatic heterocycles. The first-order valence-corrected chi connectivity index (χ1v) is 12.3. The standard InChI is InChI=1S/C22H34O7S/c1-2-3-4-5-6-7-8-9-15-20(22(25)26)30(27,28)19-14-11-10-13-18(19)29-17-12-16-21(23)24/h10-11,13-14,20H,2-9,12,15-17H2,1H3,(H,23,24)(H,25,26). The number of para-hydroxylation sites is 1. The number of unbranched alkanes of at least 4 members (excludes halogenated alkanes) is 7. The van der Waals surface area contributed by atoms with Crippen LogP contribution in [-0.2, 0) is 19.4 Å². The van der Waals surface area contributed by atoms with Gasteiger partial charge in [-0.15, -0.1) is 0 Å². The van der Waals surface area contributed by atoms with Crippen molar-refractivity contribution in [3.05, 3.63) is 24.3 Å². The molecule has 0 radical (unpaired) electrons. The lowest BCUT2D eigenvalue weighted by atomic mass is 10.1. The molecule has 0 heterocycles. The monoisotopic (exact) mass is 442 g/mol. The molecule has 0 aliphatic rings. The molecule has 170 valence electrons. The van der Waals surface area contributed by atoms with E-state index in [1.54, 1.807) is 6.07 Å². The Morgan fingerprint density at radius 3 is 2.13 bits per heavy atom. The van der Waals surface area contributed by atoms with Gasteiger partial charge in [0.25, 0.3) is 0 Å². The average Bonchev–Trinajstić information content (AvgIpc) is 2.69. The largest absolute Gasteiger partial charge is 0.492 e. The summed E-state index contributed by atoms with van der Waals surface area (Å²) in [4.78, 5) is 22.2. The Hall–Kier alpha value is -2.09. The van der Waals surface area contributed by atoms with Crippen LogP contribution < -0.4 is 4.74 Å². The van der Waals surface area contributed by atoms with E-state index in [1.807, 2.05) is 0 Å². The number of carboxylic acids is 2. The molecule has 1 aromatic rings. The second kappa shape index (κ2) is 14.0. The number of hydrogen-bond donors (Lipinski definition) is 2. The molecule has 0 saturated heterocycles. The van der Waals surface area contributed by atoms with Crippen LogP contribution in [0.1, 0.15) is 77.6 Å². The van der Waals surface area contributed by atoms with Crippen LogP contribution in [0.2, 0.25) is 0 Å². The fourth-order valence-electron chi connectivity index (χ4n) is 3.24. The van der Waals surface area contributed by atoms with Gasteiger partial charge in [-0.2, -0.15) is 0 Å². The summed E-state index contributed by atoms with van der Waals surface area (Å²) in [7, 11) is -4.13. The minimum Gasteiger partial charge on any atom is -0.492 e. The number of carbonyl (C=O) groups is 2. The van der Waals surface area contributed by atoms with Crippen LogP contribution in [0.4, 0.5) is 0 Å². The van der Waals surface area contributed by atoms with Gasteiger partial charge in [-0.1, -0.05) is 70.4 Å². The van der Waals surface area contributed by atoms with Crippen molar-refractivity contribution in [1.82, 2.24) is 0 Å².